The summed E-state index contributed by atoms with van der Waals surface area (Å²) in [6, 6.07) is 12.5. The molecule has 1 aromatic heterocycles. The van der Waals surface area contributed by atoms with E-state index in [9.17, 15) is 13.2 Å². The van der Waals surface area contributed by atoms with Crippen molar-refractivity contribution < 1.29 is 13.2 Å². The summed E-state index contributed by atoms with van der Waals surface area (Å²) >= 11 is 7.70. The van der Waals surface area contributed by atoms with Crippen LogP contribution in [0.25, 0.3) is 10.2 Å². The molecule has 1 saturated heterocycles. The number of sulfone groups is 1. The molecule has 1 amide bonds. The lowest BCUT2D eigenvalue weighted by Gasteiger charge is -2.31. The lowest BCUT2D eigenvalue weighted by Crippen LogP contribution is -2.38. The van der Waals surface area contributed by atoms with E-state index in [2.05, 4.69) is 6.07 Å². The van der Waals surface area contributed by atoms with Crippen molar-refractivity contribution in [2.75, 3.05) is 19.3 Å². The maximum Gasteiger partial charge on any atom is 0.253 e. The fraction of sp³-hybridized carbons (Fsp3) is 0.300. The number of benzene rings is 2. The SMILES string of the molecule is CS(=O)(=O)c1cc(C(=O)N2CCC(c3nc4ccccc4s3)CC2)ccc1Cl. The van der Waals surface area contributed by atoms with Crippen molar-refractivity contribution in [1.29, 1.82) is 0 Å². The van der Waals surface area contributed by atoms with E-state index in [0.29, 0.717) is 24.6 Å². The van der Waals surface area contributed by atoms with Gasteiger partial charge in [-0.15, -0.1) is 11.3 Å². The molecule has 0 bridgehead atoms. The molecule has 0 N–H and O–H groups in total. The molecular weight excluding hydrogens is 416 g/mol. The largest absolute Gasteiger partial charge is 0.339 e. The van der Waals surface area contributed by atoms with Gasteiger partial charge in [-0.3, -0.25) is 4.79 Å². The second-order valence-electron chi connectivity index (χ2n) is 7.00. The molecule has 1 aliphatic rings. The van der Waals surface area contributed by atoms with Crippen molar-refractivity contribution in [2.45, 2.75) is 23.7 Å². The number of amides is 1. The van der Waals surface area contributed by atoms with Gasteiger partial charge in [-0.2, -0.15) is 0 Å². The predicted molar refractivity (Wildman–Crippen MR) is 112 cm³/mol. The average molecular weight is 435 g/mol. The van der Waals surface area contributed by atoms with E-state index in [1.165, 1.54) is 16.8 Å². The first-order chi connectivity index (χ1) is 13.3. The quantitative estimate of drug-likeness (QED) is 0.613. The first-order valence-electron chi connectivity index (χ1n) is 8.97. The lowest BCUT2D eigenvalue weighted by molar-refractivity contribution is 0.0712. The molecule has 2 heterocycles. The number of piperidine rings is 1. The van der Waals surface area contributed by atoms with E-state index in [-0.39, 0.29) is 15.8 Å². The average Bonchev–Trinajstić information content (AvgIpc) is 3.11. The van der Waals surface area contributed by atoms with Gasteiger partial charge in [0.05, 0.1) is 25.1 Å². The van der Waals surface area contributed by atoms with Gasteiger partial charge in [-0.05, 0) is 43.2 Å². The number of para-hydroxylation sites is 1. The van der Waals surface area contributed by atoms with Crippen molar-refractivity contribution >= 4 is 48.9 Å². The van der Waals surface area contributed by atoms with Gasteiger partial charge in [0, 0.05) is 30.8 Å². The topological polar surface area (TPSA) is 67.3 Å². The maximum absolute atomic E-state index is 12.8. The second-order valence-corrected chi connectivity index (χ2v) is 10.5. The molecule has 0 unspecified atom stereocenters. The van der Waals surface area contributed by atoms with Gasteiger partial charge in [0.1, 0.15) is 0 Å². The Hall–Kier alpha value is -1.96. The molecule has 0 radical (unpaired) electrons. The van der Waals surface area contributed by atoms with Gasteiger partial charge in [0.15, 0.2) is 9.84 Å². The molecular formula is C20H19ClN2O3S2. The van der Waals surface area contributed by atoms with Gasteiger partial charge in [0.25, 0.3) is 5.91 Å². The molecule has 1 aliphatic heterocycles. The van der Waals surface area contributed by atoms with Crippen LogP contribution in [0.5, 0.6) is 0 Å². The molecule has 4 rings (SSSR count). The normalized spacial score (nSPS) is 15.9. The second kappa shape index (κ2) is 7.46. The van der Waals surface area contributed by atoms with E-state index < -0.39 is 9.84 Å². The number of thiazole rings is 1. The third-order valence-electron chi connectivity index (χ3n) is 5.02. The van der Waals surface area contributed by atoms with E-state index in [0.717, 1.165) is 29.6 Å². The number of aromatic nitrogens is 1. The summed E-state index contributed by atoms with van der Waals surface area (Å²) in [6.07, 6.45) is 2.78. The highest BCUT2D eigenvalue weighted by molar-refractivity contribution is 7.90. The fourth-order valence-electron chi connectivity index (χ4n) is 3.50. The molecule has 0 saturated carbocycles. The van der Waals surface area contributed by atoms with Crippen molar-refractivity contribution in [1.82, 2.24) is 9.88 Å². The summed E-state index contributed by atoms with van der Waals surface area (Å²) in [4.78, 5) is 19.4. The summed E-state index contributed by atoms with van der Waals surface area (Å²) in [5.74, 6) is 0.183. The molecule has 8 heteroatoms. The van der Waals surface area contributed by atoms with Gasteiger partial charge in [-0.1, -0.05) is 23.7 Å². The van der Waals surface area contributed by atoms with Gasteiger partial charge >= 0.3 is 0 Å². The van der Waals surface area contributed by atoms with Crippen LogP contribution in [0.15, 0.2) is 47.4 Å². The molecule has 1 fully saturated rings. The van der Waals surface area contributed by atoms with Gasteiger partial charge in [0.2, 0.25) is 0 Å². The first kappa shape index (κ1) is 19.4. The van der Waals surface area contributed by atoms with Crippen LogP contribution in [0.1, 0.15) is 34.1 Å². The number of carbonyl (C=O) groups excluding carboxylic acids is 1. The Morgan fingerprint density at radius 1 is 1.18 bits per heavy atom. The minimum atomic E-state index is -3.49. The van der Waals surface area contributed by atoms with Crippen LogP contribution >= 0.6 is 22.9 Å². The molecule has 0 spiro atoms. The smallest absolute Gasteiger partial charge is 0.253 e. The number of nitrogens with zero attached hydrogens (tertiary/aromatic N) is 2. The molecule has 2 aromatic carbocycles. The Kier molecular flexibility index (Phi) is 5.16. The molecule has 5 nitrogen and oxygen atoms in total. The molecule has 28 heavy (non-hydrogen) atoms. The van der Waals surface area contributed by atoms with Crippen LogP contribution in [-0.2, 0) is 9.84 Å². The third-order valence-corrected chi connectivity index (χ3v) is 7.80. The fourth-order valence-corrected chi connectivity index (χ4v) is 5.94. The highest BCUT2D eigenvalue weighted by atomic mass is 35.5. The summed E-state index contributed by atoms with van der Waals surface area (Å²) in [5.41, 5.74) is 1.37. The summed E-state index contributed by atoms with van der Waals surface area (Å²) in [5, 5.41) is 1.26. The highest BCUT2D eigenvalue weighted by Gasteiger charge is 2.27. The number of hydrogen-bond acceptors (Lipinski definition) is 5. The van der Waals surface area contributed by atoms with Gasteiger partial charge < -0.3 is 4.90 Å². The number of rotatable bonds is 3. The minimum absolute atomic E-state index is 0.00983. The third kappa shape index (κ3) is 3.79. The van der Waals surface area contributed by atoms with Crippen molar-refractivity contribution in [2.24, 2.45) is 0 Å². The Balaban J connectivity index is 1.48. The maximum atomic E-state index is 12.8. The number of likely N-dealkylation sites (tertiary alicyclic amines) is 1. The van der Waals surface area contributed by atoms with Crippen molar-refractivity contribution in [3.63, 3.8) is 0 Å². The zero-order chi connectivity index (χ0) is 19.9. The number of hydrogen-bond donors (Lipinski definition) is 0. The van der Waals surface area contributed by atoms with E-state index >= 15 is 0 Å². The van der Waals surface area contributed by atoms with Crippen LogP contribution in [0.2, 0.25) is 5.02 Å². The molecule has 3 aromatic rings. The zero-order valence-corrected chi connectivity index (χ0v) is 17.6. The molecule has 0 atom stereocenters. The minimum Gasteiger partial charge on any atom is -0.339 e. The zero-order valence-electron chi connectivity index (χ0n) is 15.3. The van der Waals surface area contributed by atoms with Crippen LogP contribution in [0, 0.1) is 0 Å². The Labute approximate surface area is 172 Å². The predicted octanol–water partition coefficient (Wildman–Crippen LogP) is 4.37. The highest BCUT2D eigenvalue weighted by Crippen LogP contribution is 2.34. The molecule has 0 aliphatic carbocycles. The number of fused-ring (bicyclic) bond motifs is 1. The van der Waals surface area contributed by atoms with Crippen LogP contribution in [0.3, 0.4) is 0 Å². The number of carbonyl (C=O) groups is 1. The van der Waals surface area contributed by atoms with Crippen molar-refractivity contribution in [3.8, 4) is 0 Å². The summed E-state index contributed by atoms with van der Waals surface area (Å²) in [7, 11) is -3.49. The van der Waals surface area contributed by atoms with E-state index in [1.54, 1.807) is 22.3 Å². The van der Waals surface area contributed by atoms with Crippen LogP contribution in [-0.4, -0.2) is 43.6 Å². The lowest BCUT2D eigenvalue weighted by atomic mass is 9.97. The Bertz CT molecular complexity index is 1120. The Morgan fingerprint density at radius 3 is 2.57 bits per heavy atom. The molecule has 146 valence electrons. The van der Waals surface area contributed by atoms with Crippen LogP contribution in [0.4, 0.5) is 0 Å². The standard InChI is InChI=1S/C20H19ClN2O3S2/c1-28(25,26)18-12-14(6-7-15(18)21)20(24)23-10-8-13(9-11-23)19-22-16-4-2-3-5-17(16)27-19/h2-7,12-13H,8-11H2,1H3. The first-order valence-corrected chi connectivity index (χ1v) is 12.1. The van der Waals surface area contributed by atoms with Gasteiger partial charge in [-0.25, -0.2) is 13.4 Å². The van der Waals surface area contributed by atoms with E-state index in [4.69, 9.17) is 16.6 Å². The summed E-state index contributed by atoms with van der Waals surface area (Å²) in [6.45, 7) is 1.24. The summed E-state index contributed by atoms with van der Waals surface area (Å²) < 4.78 is 24.9. The monoisotopic (exact) mass is 434 g/mol. The van der Waals surface area contributed by atoms with E-state index in [1.807, 2.05) is 18.2 Å². The number of halogens is 1. The van der Waals surface area contributed by atoms with Crippen LogP contribution < -0.4 is 0 Å². The Morgan fingerprint density at radius 2 is 1.89 bits per heavy atom. The van der Waals surface area contributed by atoms with Crippen molar-refractivity contribution in [3.05, 3.63) is 58.1 Å².